The summed E-state index contributed by atoms with van der Waals surface area (Å²) < 4.78 is 0. The minimum Gasteiger partial charge on any atom is -0.326 e. The lowest BCUT2D eigenvalue weighted by Gasteiger charge is -2.16. The molecule has 1 amide bonds. The minimum absolute atomic E-state index is 0.0574. The van der Waals surface area contributed by atoms with Crippen LogP contribution in [0.4, 0.5) is 5.69 Å². The zero-order valence-corrected chi connectivity index (χ0v) is 13.9. The number of rotatable bonds is 5. The predicted molar refractivity (Wildman–Crippen MR) is 91.2 cm³/mol. The third-order valence-electron chi connectivity index (χ3n) is 3.83. The Labute approximate surface area is 133 Å². The lowest BCUT2D eigenvalue weighted by atomic mass is 10.1. The lowest BCUT2D eigenvalue weighted by molar-refractivity contribution is -0.885. The third kappa shape index (κ3) is 4.43. The van der Waals surface area contributed by atoms with Gasteiger partial charge in [-0.15, -0.1) is 0 Å². The van der Waals surface area contributed by atoms with Crippen LogP contribution in [0.25, 0.3) is 0 Å². The Kier molecular flexibility index (Phi) is 5.34. The van der Waals surface area contributed by atoms with Gasteiger partial charge in [-0.3, -0.25) is 4.79 Å². The zero-order valence-electron chi connectivity index (χ0n) is 13.9. The molecule has 0 spiro atoms. The van der Waals surface area contributed by atoms with Crippen molar-refractivity contribution >= 4 is 11.6 Å². The van der Waals surface area contributed by atoms with E-state index in [1.807, 2.05) is 39.1 Å². The van der Waals surface area contributed by atoms with E-state index in [1.165, 1.54) is 16.0 Å². The maximum atomic E-state index is 12.2. The Morgan fingerprint density at radius 3 is 2.18 bits per heavy atom. The summed E-state index contributed by atoms with van der Waals surface area (Å²) in [6.45, 7) is 7.43. The van der Waals surface area contributed by atoms with Gasteiger partial charge in [0.05, 0.1) is 7.05 Å². The van der Waals surface area contributed by atoms with Crippen molar-refractivity contribution in [1.82, 2.24) is 0 Å². The molecule has 0 saturated heterocycles. The molecule has 1 atom stereocenters. The minimum atomic E-state index is 0.0574. The first-order valence-electron chi connectivity index (χ1n) is 7.68. The highest BCUT2D eigenvalue weighted by Gasteiger charge is 2.12. The van der Waals surface area contributed by atoms with E-state index in [-0.39, 0.29) is 5.91 Å². The molecule has 0 aliphatic heterocycles. The van der Waals surface area contributed by atoms with E-state index in [1.54, 1.807) is 0 Å². The molecule has 0 radical (unpaired) electrons. The molecule has 0 aliphatic carbocycles. The zero-order chi connectivity index (χ0) is 16.1. The smallest absolute Gasteiger partial charge is 0.279 e. The standard InChI is InChI=1S/C19H24N2O/c1-14-8-10-17(11-9-14)12-21(4)13-18(22)20-19-15(2)6-5-7-16(19)3/h5-11H,12-13H2,1-4H3,(H,20,22)/p+1. The molecule has 1 unspecified atom stereocenters. The summed E-state index contributed by atoms with van der Waals surface area (Å²) in [6, 6.07) is 14.5. The van der Waals surface area contributed by atoms with Gasteiger partial charge in [-0.05, 0) is 31.9 Å². The number of anilines is 1. The van der Waals surface area contributed by atoms with E-state index >= 15 is 0 Å². The summed E-state index contributed by atoms with van der Waals surface area (Å²) >= 11 is 0. The molecule has 2 rings (SSSR count). The first-order valence-corrected chi connectivity index (χ1v) is 7.68. The Morgan fingerprint density at radius 1 is 1.00 bits per heavy atom. The van der Waals surface area contributed by atoms with Crippen LogP contribution in [-0.2, 0) is 11.3 Å². The van der Waals surface area contributed by atoms with Crippen LogP contribution in [0.1, 0.15) is 22.3 Å². The van der Waals surface area contributed by atoms with Crippen LogP contribution in [-0.4, -0.2) is 19.5 Å². The van der Waals surface area contributed by atoms with Gasteiger partial charge in [-0.2, -0.15) is 0 Å². The number of hydrogen-bond acceptors (Lipinski definition) is 1. The normalized spacial score (nSPS) is 12.0. The maximum absolute atomic E-state index is 12.2. The highest BCUT2D eigenvalue weighted by atomic mass is 16.2. The molecule has 2 N–H and O–H groups in total. The number of quaternary nitrogens is 1. The molecule has 116 valence electrons. The summed E-state index contributed by atoms with van der Waals surface area (Å²) in [5, 5.41) is 3.04. The number of hydrogen-bond donors (Lipinski definition) is 2. The molecular weight excluding hydrogens is 272 g/mol. The lowest BCUT2D eigenvalue weighted by Crippen LogP contribution is -3.08. The van der Waals surface area contributed by atoms with Crippen molar-refractivity contribution in [3.63, 3.8) is 0 Å². The largest absolute Gasteiger partial charge is 0.326 e. The number of carbonyl (C=O) groups excluding carboxylic acids is 1. The van der Waals surface area contributed by atoms with Crippen molar-refractivity contribution in [2.24, 2.45) is 0 Å². The van der Waals surface area contributed by atoms with Crippen molar-refractivity contribution in [3.05, 3.63) is 64.7 Å². The molecule has 0 bridgehead atoms. The molecule has 0 aliphatic rings. The van der Waals surface area contributed by atoms with Crippen molar-refractivity contribution in [1.29, 1.82) is 0 Å². The van der Waals surface area contributed by atoms with E-state index < -0.39 is 0 Å². The molecule has 0 heterocycles. The maximum Gasteiger partial charge on any atom is 0.279 e. The molecule has 0 aromatic heterocycles. The summed E-state index contributed by atoms with van der Waals surface area (Å²) in [7, 11) is 2.05. The van der Waals surface area contributed by atoms with Crippen molar-refractivity contribution in [2.75, 3.05) is 18.9 Å². The van der Waals surface area contributed by atoms with Crippen molar-refractivity contribution in [3.8, 4) is 0 Å². The van der Waals surface area contributed by atoms with Gasteiger partial charge in [-0.1, -0.05) is 48.0 Å². The Balaban J connectivity index is 1.92. The molecular formula is C19H25N2O+. The Hall–Kier alpha value is -2.13. The second kappa shape index (κ2) is 7.23. The number of likely N-dealkylation sites (N-methyl/N-ethyl adjacent to an activating group) is 1. The first-order chi connectivity index (χ1) is 10.5. The second-order valence-corrected chi connectivity index (χ2v) is 6.11. The monoisotopic (exact) mass is 297 g/mol. The summed E-state index contributed by atoms with van der Waals surface area (Å²) in [5.74, 6) is 0.0574. The van der Waals surface area contributed by atoms with Gasteiger partial charge in [0.2, 0.25) is 0 Å². The second-order valence-electron chi connectivity index (χ2n) is 6.11. The highest BCUT2D eigenvalue weighted by Crippen LogP contribution is 2.18. The van der Waals surface area contributed by atoms with Crippen LogP contribution in [0.5, 0.6) is 0 Å². The predicted octanol–water partition coefficient (Wildman–Crippen LogP) is 2.27. The summed E-state index contributed by atoms with van der Waals surface area (Å²) in [4.78, 5) is 13.4. The van der Waals surface area contributed by atoms with Gasteiger partial charge in [0.1, 0.15) is 6.54 Å². The van der Waals surface area contributed by atoms with E-state index in [0.29, 0.717) is 6.54 Å². The van der Waals surface area contributed by atoms with Crippen LogP contribution in [0.3, 0.4) is 0 Å². The van der Waals surface area contributed by atoms with E-state index in [4.69, 9.17) is 0 Å². The number of amides is 1. The van der Waals surface area contributed by atoms with Crippen molar-refractivity contribution < 1.29 is 9.69 Å². The van der Waals surface area contributed by atoms with Gasteiger partial charge in [0.15, 0.2) is 6.54 Å². The fourth-order valence-corrected chi connectivity index (χ4v) is 2.59. The number of benzene rings is 2. The SMILES string of the molecule is Cc1ccc(C[NH+](C)CC(=O)Nc2c(C)cccc2C)cc1. The summed E-state index contributed by atoms with van der Waals surface area (Å²) in [5.41, 5.74) is 5.65. The van der Waals surface area contributed by atoms with E-state index in [2.05, 4.69) is 36.5 Å². The third-order valence-corrected chi connectivity index (χ3v) is 3.83. The fraction of sp³-hybridized carbons (Fsp3) is 0.316. The molecule has 2 aromatic carbocycles. The Morgan fingerprint density at radius 2 is 1.59 bits per heavy atom. The average Bonchev–Trinajstić information content (AvgIpc) is 2.45. The quantitative estimate of drug-likeness (QED) is 0.872. The van der Waals surface area contributed by atoms with Gasteiger partial charge in [0, 0.05) is 11.3 Å². The molecule has 0 fully saturated rings. The van der Waals surface area contributed by atoms with Crippen LogP contribution >= 0.6 is 0 Å². The first kappa shape index (κ1) is 16.2. The molecule has 3 heteroatoms. The van der Waals surface area contributed by atoms with Crippen LogP contribution in [0, 0.1) is 20.8 Å². The number of nitrogens with one attached hydrogen (secondary N) is 2. The molecule has 0 saturated carbocycles. The van der Waals surface area contributed by atoms with Crippen molar-refractivity contribution in [2.45, 2.75) is 27.3 Å². The fourth-order valence-electron chi connectivity index (χ4n) is 2.59. The Bertz CT molecular complexity index is 627. The summed E-state index contributed by atoms with van der Waals surface area (Å²) in [6.07, 6.45) is 0. The number of aryl methyl sites for hydroxylation is 3. The van der Waals surface area contributed by atoms with E-state index in [9.17, 15) is 4.79 Å². The number of para-hydroxylation sites is 1. The van der Waals surface area contributed by atoms with Gasteiger partial charge >= 0.3 is 0 Å². The molecule has 3 nitrogen and oxygen atoms in total. The average molecular weight is 297 g/mol. The molecule has 2 aromatic rings. The number of carbonyl (C=O) groups is 1. The highest BCUT2D eigenvalue weighted by molar-refractivity contribution is 5.93. The van der Waals surface area contributed by atoms with Gasteiger partial charge < -0.3 is 10.2 Å². The van der Waals surface area contributed by atoms with Crippen LogP contribution in [0.2, 0.25) is 0 Å². The molecule has 22 heavy (non-hydrogen) atoms. The topological polar surface area (TPSA) is 33.5 Å². The van der Waals surface area contributed by atoms with Gasteiger partial charge in [-0.25, -0.2) is 0 Å². The van der Waals surface area contributed by atoms with E-state index in [0.717, 1.165) is 23.4 Å². The van der Waals surface area contributed by atoms with Crippen LogP contribution in [0.15, 0.2) is 42.5 Å². The van der Waals surface area contributed by atoms with Crippen LogP contribution < -0.4 is 10.2 Å². The van der Waals surface area contributed by atoms with Gasteiger partial charge in [0.25, 0.3) is 5.91 Å².